The fourth-order valence-corrected chi connectivity index (χ4v) is 4.97. The number of oxazole rings is 1. The molecular formula is C15H16BrNO2. The molecule has 4 heteroatoms. The van der Waals surface area contributed by atoms with Gasteiger partial charge < -0.3 is 4.42 Å². The fraction of sp³-hybridized carbons (Fsp3) is 0.533. The minimum absolute atomic E-state index is 0.377. The van der Waals surface area contributed by atoms with Crippen LogP contribution in [0.3, 0.4) is 0 Å². The van der Waals surface area contributed by atoms with E-state index in [4.69, 9.17) is 4.42 Å². The van der Waals surface area contributed by atoms with E-state index in [1.165, 1.54) is 31.2 Å². The van der Waals surface area contributed by atoms with Crippen molar-refractivity contribution in [3.63, 3.8) is 0 Å². The second-order valence-corrected chi connectivity index (χ2v) is 7.00. The number of fused-ring (bicyclic) bond motifs is 3. The number of nitrogens with one attached hydrogen (secondary N) is 1. The third kappa shape index (κ3) is 1.88. The van der Waals surface area contributed by atoms with Gasteiger partial charge in [-0.25, -0.2) is 4.79 Å². The van der Waals surface area contributed by atoms with E-state index in [0.717, 1.165) is 23.3 Å². The highest BCUT2D eigenvalue weighted by Crippen LogP contribution is 2.54. The molecule has 2 aliphatic carbocycles. The molecule has 1 N–H and O–H groups in total. The van der Waals surface area contributed by atoms with Gasteiger partial charge in [-0.2, -0.15) is 0 Å². The molecule has 0 saturated heterocycles. The van der Waals surface area contributed by atoms with Crippen LogP contribution in [0.1, 0.15) is 36.1 Å². The van der Waals surface area contributed by atoms with E-state index in [2.05, 4.69) is 27.0 Å². The van der Waals surface area contributed by atoms with Crippen LogP contribution in [0.2, 0.25) is 0 Å². The third-order valence-corrected chi connectivity index (χ3v) is 6.14. The summed E-state index contributed by atoms with van der Waals surface area (Å²) in [6.07, 6.45) is 5.56. The second kappa shape index (κ2) is 4.23. The van der Waals surface area contributed by atoms with Crippen molar-refractivity contribution in [2.45, 2.75) is 30.5 Å². The normalized spacial score (nSPS) is 31.1. The van der Waals surface area contributed by atoms with Gasteiger partial charge in [-0.1, -0.05) is 28.4 Å². The first kappa shape index (κ1) is 11.8. The molecule has 4 atom stereocenters. The first-order chi connectivity index (χ1) is 9.20. The van der Waals surface area contributed by atoms with Gasteiger partial charge >= 0.3 is 5.76 Å². The number of halogens is 1. The minimum atomic E-state index is -0.377. The molecule has 2 aliphatic rings. The Morgan fingerprint density at radius 2 is 2.21 bits per heavy atom. The second-order valence-electron chi connectivity index (χ2n) is 6.01. The Morgan fingerprint density at radius 1 is 1.32 bits per heavy atom. The maximum absolute atomic E-state index is 11.2. The maximum Gasteiger partial charge on any atom is 0.417 e. The van der Waals surface area contributed by atoms with Crippen LogP contribution in [-0.4, -0.2) is 4.98 Å². The fourth-order valence-electron chi connectivity index (χ4n) is 4.03. The van der Waals surface area contributed by atoms with Crippen molar-refractivity contribution in [3.8, 4) is 0 Å². The first-order valence-corrected chi connectivity index (χ1v) is 7.89. The first-order valence-electron chi connectivity index (χ1n) is 6.97. The molecule has 100 valence electrons. The summed E-state index contributed by atoms with van der Waals surface area (Å²) in [6, 6.07) is 6.04. The van der Waals surface area contributed by atoms with E-state index in [-0.39, 0.29) is 5.76 Å². The number of aromatic nitrogens is 1. The molecule has 4 unspecified atom stereocenters. The lowest BCUT2D eigenvalue weighted by molar-refractivity contribution is 0.329. The maximum atomic E-state index is 11.2. The molecule has 2 bridgehead atoms. The predicted molar refractivity (Wildman–Crippen MR) is 77.4 cm³/mol. The Balaban J connectivity index is 1.67. The Morgan fingerprint density at radius 3 is 2.95 bits per heavy atom. The third-order valence-electron chi connectivity index (χ3n) is 4.93. The highest BCUT2D eigenvalue weighted by atomic mass is 79.9. The topological polar surface area (TPSA) is 46.0 Å². The molecular weight excluding hydrogens is 306 g/mol. The quantitative estimate of drug-likeness (QED) is 0.850. The van der Waals surface area contributed by atoms with Crippen LogP contribution in [0.15, 0.2) is 27.4 Å². The zero-order valence-electron chi connectivity index (χ0n) is 10.6. The summed E-state index contributed by atoms with van der Waals surface area (Å²) < 4.78 is 5.15. The van der Waals surface area contributed by atoms with E-state index >= 15 is 0 Å². The van der Waals surface area contributed by atoms with Crippen LogP contribution < -0.4 is 5.76 Å². The smallest absolute Gasteiger partial charge is 0.408 e. The molecule has 2 saturated carbocycles. The van der Waals surface area contributed by atoms with Crippen LogP contribution in [0.25, 0.3) is 11.1 Å². The van der Waals surface area contributed by atoms with Crippen molar-refractivity contribution in [1.29, 1.82) is 0 Å². The van der Waals surface area contributed by atoms with E-state index in [9.17, 15) is 4.79 Å². The average molecular weight is 322 g/mol. The summed E-state index contributed by atoms with van der Waals surface area (Å²) in [4.78, 5) is 14.3. The molecule has 0 aliphatic heterocycles. The lowest BCUT2D eigenvalue weighted by atomic mass is 9.84. The number of H-pyrrole nitrogens is 1. The van der Waals surface area contributed by atoms with Gasteiger partial charge in [-0.3, -0.25) is 4.98 Å². The standard InChI is InChI=1S/C15H16BrNO2/c16-14(11-6-8-1-2-9(11)5-8)10-3-4-12-13(7-10)19-15(18)17-12/h3-4,7-9,11,14H,1-2,5-6H2,(H,17,18). The lowest BCUT2D eigenvalue weighted by Gasteiger charge is -2.26. The Labute approximate surface area is 119 Å². The zero-order valence-corrected chi connectivity index (χ0v) is 12.2. The van der Waals surface area contributed by atoms with Crippen molar-refractivity contribution in [1.82, 2.24) is 4.98 Å². The Kier molecular flexibility index (Phi) is 2.62. The van der Waals surface area contributed by atoms with E-state index in [1.54, 1.807) is 0 Å². The van der Waals surface area contributed by atoms with E-state index in [1.807, 2.05) is 12.1 Å². The molecule has 2 fully saturated rings. The van der Waals surface area contributed by atoms with Gasteiger partial charge in [0.1, 0.15) is 0 Å². The zero-order chi connectivity index (χ0) is 13.0. The molecule has 0 spiro atoms. The summed E-state index contributed by atoms with van der Waals surface area (Å²) in [5, 5.41) is 0. The number of hydrogen-bond donors (Lipinski definition) is 1. The largest absolute Gasteiger partial charge is 0.417 e. The number of aromatic amines is 1. The van der Waals surface area contributed by atoms with Gasteiger partial charge in [-0.05, 0) is 54.7 Å². The van der Waals surface area contributed by atoms with Crippen molar-refractivity contribution in [2.24, 2.45) is 17.8 Å². The summed E-state index contributed by atoms with van der Waals surface area (Å²) in [5.74, 6) is 2.19. The number of benzene rings is 1. The summed E-state index contributed by atoms with van der Waals surface area (Å²) in [7, 11) is 0. The van der Waals surface area contributed by atoms with Crippen molar-refractivity contribution in [2.75, 3.05) is 0 Å². The summed E-state index contributed by atoms with van der Waals surface area (Å²) in [5.41, 5.74) is 2.67. The Bertz CT molecular complexity index is 674. The Hall–Kier alpha value is -1.03. The van der Waals surface area contributed by atoms with Crippen LogP contribution in [0, 0.1) is 17.8 Å². The predicted octanol–water partition coefficient (Wildman–Crippen LogP) is 3.99. The van der Waals surface area contributed by atoms with Crippen molar-refractivity contribution < 1.29 is 4.42 Å². The lowest BCUT2D eigenvalue weighted by Crippen LogP contribution is -2.15. The van der Waals surface area contributed by atoms with Crippen LogP contribution >= 0.6 is 15.9 Å². The van der Waals surface area contributed by atoms with Gasteiger partial charge in [-0.15, -0.1) is 0 Å². The van der Waals surface area contributed by atoms with Gasteiger partial charge in [0.05, 0.1) is 5.52 Å². The highest BCUT2D eigenvalue weighted by molar-refractivity contribution is 9.09. The molecule has 1 aromatic carbocycles. The summed E-state index contributed by atoms with van der Waals surface area (Å²) >= 11 is 3.88. The minimum Gasteiger partial charge on any atom is -0.408 e. The number of hydrogen-bond acceptors (Lipinski definition) is 2. The van der Waals surface area contributed by atoms with Gasteiger partial charge in [0, 0.05) is 4.83 Å². The molecule has 1 heterocycles. The average Bonchev–Trinajstić information content (AvgIpc) is 3.09. The molecule has 2 aromatic rings. The molecule has 0 radical (unpaired) electrons. The van der Waals surface area contributed by atoms with Gasteiger partial charge in [0.15, 0.2) is 5.58 Å². The molecule has 4 rings (SSSR count). The molecule has 19 heavy (non-hydrogen) atoms. The molecule has 0 amide bonds. The molecule has 3 nitrogen and oxygen atoms in total. The van der Waals surface area contributed by atoms with Crippen molar-refractivity contribution >= 4 is 27.0 Å². The molecule has 1 aromatic heterocycles. The van der Waals surface area contributed by atoms with Crippen LogP contribution in [0.5, 0.6) is 0 Å². The van der Waals surface area contributed by atoms with Crippen LogP contribution in [0.4, 0.5) is 0 Å². The van der Waals surface area contributed by atoms with Gasteiger partial charge in [0.25, 0.3) is 0 Å². The monoisotopic (exact) mass is 321 g/mol. The SMILES string of the molecule is O=c1[nH]c2ccc(C(Br)C3CC4CCC3C4)cc2o1. The van der Waals surface area contributed by atoms with Crippen LogP contribution in [-0.2, 0) is 0 Å². The van der Waals surface area contributed by atoms with Crippen molar-refractivity contribution in [3.05, 3.63) is 34.3 Å². The summed E-state index contributed by atoms with van der Waals surface area (Å²) in [6.45, 7) is 0. The van der Waals surface area contributed by atoms with E-state index in [0.29, 0.717) is 10.4 Å². The number of rotatable bonds is 2. The van der Waals surface area contributed by atoms with E-state index < -0.39 is 0 Å². The highest BCUT2D eigenvalue weighted by Gasteiger charge is 2.42. The number of alkyl halides is 1. The van der Waals surface area contributed by atoms with Gasteiger partial charge in [0.2, 0.25) is 0 Å².